The summed E-state index contributed by atoms with van der Waals surface area (Å²) in [7, 11) is -2.38. The summed E-state index contributed by atoms with van der Waals surface area (Å²) < 4.78 is 36.9. The molecule has 24 heavy (non-hydrogen) atoms. The second kappa shape index (κ2) is 7.35. The summed E-state index contributed by atoms with van der Waals surface area (Å²) in [5, 5.41) is 0. The van der Waals surface area contributed by atoms with E-state index in [4.69, 9.17) is 9.47 Å². The molecule has 0 fully saturated rings. The first-order chi connectivity index (χ1) is 11.3. The van der Waals surface area contributed by atoms with Gasteiger partial charge in [0.25, 0.3) is 15.9 Å². The maximum atomic E-state index is 12.3. The Bertz CT molecular complexity index is 829. The molecule has 2 aromatic carbocycles. The minimum absolute atomic E-state index is 0.0836. The number of rotatable bonds is 6. The van der Waals surface area contributed by atoms with Gasteiger partial charge in [-0.15, -0.1) is 0 Å². The first-order valence-corrected chi connectivity index (χ1v) is 8.70. The number of methoxy groups -OCH3 is 1. The number of nitrogens with one attached hydrogen (secondary N) is 1. The van der Waals surface area contributed by atoms with Crippen LogP contribution in [0.4, 0.5) is 0 Å². The molecule has 1 N–H and O–H groups in total. The Labute approximate surface area is 141 Å². The van der Waals surface area contributed by atoms with Gasteiger partial charge in [-0.05, 0) is 55.3 Å². The van der Waals surface area contributed by atoms with E-state index < -0.39 is 22.5 Å². The largest absolute Gasteiger partial charge is 0.497 e. The number of hydrogen-bond acceptors (Lipinski definition) is 5. The average Bonchev–Trinajstić information content (AvgIpc) is 2.55. The van der Waals surface area contributed by atoms with Crippen LogP contribution >= 0.6 is 0 Å². The van der Waals surface area contributed by atoms with Crippen LogP contribution in [0.1, 0.15) is 11.1 Å². The van der Waals surface area contributed by atoms with Crippen molar-refractivity contribution in [3.63, 3.8) is 0 Å². The molecule has 6 nitrogen and oxygen atoms in total. The summed E-state index contributed by atoms with van der Waals surface area (Å²) >= 11 is 0. The van der Waals surface area contributed by atoms with Crippen molar-refractivity contribution < 1.29 is 22.7 Å². The number of benzene rings is 2. The van der Waals surface area contributed by atoms with Gasteiger partial charge in [0.2, 0.25) is 0 Å². The van der Waals surface area contributed by atoms with Crippen molar-refractivity contribution in [2.75, 3.05) is 13.7 Å². The first-order valence-electron chi connectivity index (χ1n) is 7.21. The van der Waals surface area contributed by atoms with E-state index >= 15 is 0 Å². The van der Waals surface area contributed by atoms with Crippen molar-refractivity contribution in [1.82, 2.24) is 4.72 Å². The van der Waals surface area contributed by atoms with Crippen LogP contribution < -0.4 is 14.2 Å². The van der Waals surface area contributed by atoms with E-state index in [1.54, 1.807) is 51.3 Å². The van der Waals surface area contributed by atoms with E-state index in [1.165, 1.54) is 6.07 Å². The number of amides is 1. The van der Waals surface area contributed by atoms with Gasteiger partial charge in [-0.1, -0.05) is 12.1 Å². The summed E-state index contributed by atoms with van der Waals surface area (Å²) in [5.41, 5.74) is 1.36. The van der Waals surface area contributed by atoms with E-state index in [9.17, 15) is 13.2 Å². The van der Waals surface area contributed by atoms with Crippen LogP contribution in [0.2, 0.25) is 0 Å². The Balaban J connectivity index is 2.01. The SMILES string of the molecule is COc1ccc(OCC(=O)NS(=O)(=O)c2cc(C)ccc2C)cc1. The van der Waals surface area contributed by atoms with Crippen LogP contribution in [0.5, 0.6) is 11.5 Å². The van der Waals surface area contributed by atoms with Crippen molar-refractivity contribution in [2.24, 2.45) is 0 Å². The fourth-order valence-electron chi connectivity index (χ4n) is 2.05. The van der Waals surface area contributed by atoms with Crippen molar-refractivity contribution in [3.8, 4) is 11.5 Å². The molecular weight excluding hydrogens is 330 g/mol. The normalized spacial score (nSPS) is 11.0. The van der Waals surface area contributed by atoms with E-state index in [1.807, 2.05) is 10.8 Å². The number of carbonyl (C=O) groups excluding carboxylic acids is 1. The van der Waals surface area contributed by atoms with E-state index in [0.29, 0.717) is 17.1 Å². The topological polar surface area (TPSA) is 81.7 Å². The summed E-state index contributed by atoms with van der Waals surface area (Å²) in [5.74, 6) is 0.353. The van der Waals surface area contributed by atoms with Crippen molar-refractivity contribution in [2.45, 2.75) is 18.7 Å². The smallest absolute Gasteiger partial charge is 0.271 e. The Kier molecular flexibility index (Phi) is 5.46. The van der Waals surface area contributed by atoms with Crippen LogP contribution in [0.3, 0.4) is 0 Å². The summed E-state index contributed by atoms with van der Waals surface area (Å²) in [6, 6.07) is 11.7. The zero-order valence-electron chi connectivity index (χ0n) is 13.7. The molecule has 0 spiro atoms. The standard InChI is InChI=1S/C17H19NO5S/c1-12-4-5-13(2)16(10-12)24(20,21)18-17(19)11-23-15-8-6-14(22-3)7-9-15/h4-10H,11H2,1-3H3,(H,18,19). The monoisotopic (exact) mass is 349 g/mol. The molecule has 7 heteroatoms. The third-order valence-electron chi connectivity index (χ3n) is 3.31. The lowest BCUT2D eigenvalue weighted by Crippen LogP contribution is -2.34. The molecule has 2 aromatic rings. The molecule has 0 radical (unpaired) electrons. The maximum absolute atomic E-state index is 12.3. The molecule has 1 amide bonds. The third kappa shape index (κ3) is 4.48. The Morgan fingerprint density at radius 3 is 2.29 bits per heavy atom. The van der Waals surface area contributed by atoms with Crippen LogP contribution in [0, 0.1) is 13.8 Å². The lowest BCUT2D eigenvalue weighted by Gasteiger charge is -2.11. The molecule has 128 valence electrons. The minimum atomic E-state index is -3.93. The minimum Gasteiger partial charge on any atom is -0.497 e. The molecule has 0 saturated heterocycles. The zero-order chi connectivity index (χ0) is 17.7. The van der Waals surface area contributed by atoms with Gasteiger partial charge in [0, 0.05) is 0 Å². The maximum Gasteiger partial charge on any atom is 0.271 e. The molecule has 0 aromatic heterocycles. The van der Waals surface area contributed by atoms with E-state index in [-0.39, 0.29) is 4.90 Å². The Morgan fingerprint density at radius 2 is 1.67 bits per heavy atom. The highest BCUT2D eigenvalue weighted by Crippen LogP contribution is 2.18. The molecule has 0 aliphatic rings. The van der Waals surface area contributed by atoms with Crippen LogP contribution in [-0.4, -0.2) is 28.0 Å². The summed E-state index contributed by atoms with van der Waals surface area (Å²) in [4.78, 5) is 12.0. The van der Waals surface area contributed by atoms with Gasteiger partial charge in [-0.2, -0.15) is 0 Å². The van der Waals surface area contributed by atoms with Crippen molar-refractivity contribution >= 4 is 15.9 Å². The molecule has 0 aliphatic heterocycles. The molecule has 0 bridgehead atoms. The lowest BCUT2D eigenvalue weighted by atomic mass is 10.2. The Hall–Kier alpha value is -2.54. The van der Waals surface area contributed by atoms with E-state index in [0.717, 1.165) is 5.56 Å². The fourth-order valence-corrected chi connectivity index (χ4v) is 3.35. The Morgan fingerprint density at radius 1 is 1.04 bits per heavy atom. The predicted molar refractivity (Wildman–Crippen MR) is 89.7 cm³/mol. The zero-order valence-corrected chi connectivity index (χ0v) is 14.5. The summed E-state index contributed by atoms with van der Waals surface area (Å²) in [6.45, 7) is 3.05. The van der Waals surface area contributed by atoms with Crippen LogP contribution in [0.15, 0.2) is 47.4 Å². The fraction of sp³-hybridized carbons (Fsp3) is 0.235. The van der Waals surface area contributed by atoms with Crippen LogP contribution in [-0.2, 0) is 14.8 Å². The summed E-state index contributed by atoms with van der Waals surface area (Å²) in [6.07, 6.45) is 0. The average molecular weight is 349 g/mol. The van der Waals surface area contributed by atoms with Gasteiger partial charge in [-0.3, -0.25) is 4.79 Å². The molecule has 0 aliphatic carbocycles. The second-order valence-electron chi connectivity index (χ2n) is 5.26. The molecule has 0 atom stereocenters. The van der Waals surface area contributed by atoms with Gasteiger partial charge in [0.1, 0.15) is 11.5 Å². The molecule has 0 heterocycles. The molecule has 0 unspecified atom stereocenters. The number of sulfonamides is 1. The van der Waals surface area contributed by atoms with Gasteiger partial charge in [0.15, 0.2) is 6.61 Å². The van der Waals surface area contributed by atoms with Gasteiger partial charge in [-0.25, -0.2) is 13.1 Å². The predicted octanol–water partition coefficient (Wildman–Crippen LogP) is 2.20. The van der Waals surface area contributed by atoms with Gasteiger partial charge >= 0.3 is 0 Å². The highest BCUT2D eigenvalue weighted by atomic mass is 32.2. The first kappa shape index (κ1) is 17.8. The number of carbonyl (C=O) groups is 1. The molecule has 0 saturated carbocycles. The van der Waals surface area contributed by atoms with Crippen LogP contribution in [0.25, 0.3) is 0 Å². The van der Waals surface area contributed by atoms with Crippen molar-refractivity contribution in [1.29, 1.82) is 0 Å². The van der Waals surface area contributed by atoms with Gasteiger partial charge < -0.3 is 9.47 Å². The van der Waals surface area contributed by atoms with Gasteiger partial charge in [0.05, 0.1) is 12.0 Å². The second-order valence-corrected chi connectivity index (χ2v) is 6.91. The molecular formula is C17H19NO5S. The number of ether oxygens (including phenoxy) is 2. The quantitative estimate of drug-likeness (QED) is 0.864. The van der Waals surface area contributed by atoms with E-state index in [2.05, 4.69) is 0 Å². The number of hydrogen-bond donors (Lipinski definition) is 1. The number of aryl methyl sites for hydroxylation is 2. The highest BCUT2D eigenvalue weighted by molar-refractivity contribution is 7.90. The van der Waals surface area contributed by atoms with Crippen molar-refractivity contribution in [3.05, 3.63) is 53.6 Å². The third-order valence-corrected chi connectivity index (χ3v) is 4.83. The highest BCUT2D eigenvalue weighted by Gasteiger charge is 2.20. The molecule has 2 rings (SSSR count). The lowest BCUT2D eigenvalue weighted by molar-refractivity contribution is -0.121.